The van der Waals surface area contributed by atoms with Crippen molar-refractivity contribution < 1.29 is 31.3 Å². The minimum Gasteiger partial charge on any atom is -0.432 e. The van der Waals surface area contributed by atoms with Crippen molar-refractivity contribution in [2.45, 2.75) is 6.08 Å². The van der Waals surface area contributed by atoms with Crippen LogP contribution in [0.1, 0.15) is 0 Å². The minimum absolute atomic E-state index is 0.0476. The highest BCUT2D eigenvalue weighted by Gasteiger charge is 2.60. The highest BCUT2D eigenvalue weighted by atomic mass is 19.4. The van der Waals surface area contributed by atoms with Crippen LogP contribution in [0.5, 0.6) is 0 Å². The number of alkyl halides is 3. The summed E-state index contributed by atoms with van der Waals surface area (Å²) in [4.78, 5) is 4.04. The van der Waals surface area contributed by atoms with Crippen LogP contribution in [-0.2, 0) is 0 Å². The Morgan fingerprint density at radius 2 is 1.68 bits per heavy atom. The second kappa shape index (κ2) is 4.79. The molecule has 9 heteroatoms. The van der Waals surface area contributed by atoms with Gasteiger partial charge in [0.2, 0.25) is 6.20 Å². The molecular formula is C13H8BF5N2O. The van der Waals surface area contributed by atoms with E-state index in [1.807, 2.05) is 0 Å². The third-order valence-corrected chi connectivity index (χ3v) is 3.12. The summed E-state index contributed by atoms with van der Waals surface area (Å²) >= 11 is 0. The lowest BCUT2D eigenvalue weighted by atomic mass is 9.87. The van der Waals surface area contributed by atoms with Crippen molar-refractivity contribution in [2.24, 2.45) is 0 Å². The van der Waals surface area contributed by atoms with Gasteiger partial charge in [-0.2, -0.15) is 0 Å². The second-order valence-corrected chi connectivity index (χ2v) is 4.66. The fourth-order valence-corrected chi connectivity index (χ4v) is 2.10. The number of pyridine rings is 2. The number of hydrogen-bond acceptors (Lipinski definition) is 2. The number of benzene rings is 1. The van der Waals surface area contributed by atoms with Crippen LogP contribution < -0.4 is 9.49 Å². The van der Waals surface area contributed by atoms with Crippen molar-refractivity contribution >= 4 is 28.7 Å². The highest BCUT2D eigenvalue weighted by molar-refractivity contribution is 6.61. The van der Waals surface area contributed by atoms with Gasteiger partial charge in [0.1, 0.15) is 5.52 Å². The molecule has 0 N–H and O–H groups in total. The summed E-state index contributed by atoms with van der Waals surface area (Å²) in [5, 5.41) is 1.03. The van der Waals surface area contributed by atoms with E-state index in [0.717, 1.165) is 6.20 Å². The number of halogens is 5. The molecule has 0 saturated heterocycles. The summed E-state index contributed by atoms with van der Waals surface area (Å²) < 4.78 is 67.9. The average Bonchev–Trinajstić information content (AvgIpc) is 2.45. The predicted octanol–water partition coefficient (Wildman–Crippen LogP) is 3.08. The fraction of sp³-hybridized carbons (Fsp3) is 0.0769. The summed E-state index contributed by atoms with van der Waals surface area (Å²) in [6.07, 6.45) is -3.34. The first-order chi connectivity index (χ1) is 10.3. The number of rotatable bonds is 2. The molecule has 22 heavy (non-hydrogen) atoms. The summed E-state index contributed by atoms with van der Waals surface area (Å²) in [7, 11) is 0. The van der Waals surface area contributed by atoms with E-state index in [1.54, 1.807) is 30.3 Å². The van der Waals surface area contributed by atoms with Crippen molar-refractivity contribution in [3.8, 4) is 0 Å². The Morgan fingerprint density at radius 3 is 2.41 bits per heavy atom. The minimum atomic E-state index is -6.04. The van der Waals surface area contributed by atoms with Crippen LogP contribution in [0.3, 0.4) is 0 Å². The Bertz CT molecular complexity index is 853. The van der Waals surface area contributed by atoms with Gasteiger partial charge in [0.15, 0.2) is 0 Å². The van der Waals surface area contributed by atoms with Gasteiger partial charge < -0.3 is 13.4 Å². The largest absolute Gasteiger partial charge is 0.658 e. The lowest BCUT2D eigenvalue weighted by Crippen LogP contribution is -2.62. The van der Waals surface area contributed by atoms with E-state index in [2.05, 4.69) is 9.74 Å². The third kappa shape index (κ3) is 2.32. The van der Waals surface area contributed by atoms with Gasteiger partial charge in [-0.1, -0.05) is 12.1 Å². The molecule has 114 valence electrons. The molecule has 0 spiro atoms. The van der Waals surface area contributed by atoms with Crippen LogP contribution in [-0.4, -0.2) is 18.0 Å². The molecule has 2 aromatic heterocycles. The standard InChI is InChI=1S/C13H8BF5N2O/c15-13(16,17)14(18,19)22-21-8-2-4-10-6-5-9-3-1-7-20-11(9)12(10)21/h1-8H. The lowest BCUT2D eigenvalue weighted by Gasteiger charge is -2.23. The van der Waals surface area contributed by atoms with E-state index in [9.17, 15) is 21.8 Å². The molecule has 0 atom stereocenters. The Morgan fingerprint density at radius 1 is 1.00 bits per heavy atom. The van der Waals surface area contributed by atoms with Crippen LogP contribution in [0.25, 0.3) is 21.8 Å². The van der Waals surface area contributed by atoms with Crippen molar-refractivity contribution in [1.29, 1.82) is 0 Å². The Balaban J connectivity index is 2.24. The Kier molecular flexibility index (Phi) is 3.15. The van der Waals surface area contributed by atoms with Crippen LogP contribution >= 0.6 is 0 Å². The molecule has 3 nitrogen and oxygen atoms in total. The molecule has 0 aliphatic rings. The van der Waals surface area contributed by atoms with E-state index in [0.29, 0.717) is 15.5 Å². The first kappa shape index (κ1) is 14.5. The van der Waals surface area contributed by atoms with Crippen LogP contribution in [0.15, 0.2) is 48.8 Å². The quantitative estimate of drug-likeness (QED) is 0.314. The van der Waals surface area contributed by atoms with Crippen molar-refractivity contribution in [2.75, 3.05) is 0 Å². The molecular weight excluding hydrogens is 306 g/mol. The lowest BCUT2D eigenvalue weighted by molar-refractivity contribution is -0.847. The molecule has 0 bridgehead atoms. The molecule has 0 fully saturated rings. The van der Waals surface area contributed by atoms with Crippen molar-refractivity contribution in [1.82, 2.24) is 4.98 Å². The zero-order chi connectivity index (χ0) is 16.0. The molecule has 0 amide bonds. The number of aromatic nitrogens is 2. The van der Waals surface area contributed by atoms with Gasteiger partial charge in [-0.25, -0.2) is 18.2 Å². The molecule has 0 unspecified atom stereocenters. The zero-order valence-electron chi connectivity index (χ0n) is 10.9. The van der Waals surface area contributed by atoms with E-state index < -0.39 is 13.0 Å². The van der Waals surface area contributed by atoms with Gasteiger partial charge in [0, 0.05) is 17.6 Å². The van der Waals surface area contributed by atoms with E-state index >= 15 is 0 Å². The summed E-state index contributed by atoms with van der Waals surface area (Å²) in [6, 6.07) is 9.49. The molecule has 0 aliphatic carbocycles. The maximum Gasteiger partial charge on any atom is 0.658 e. The molecule has 3 rings (SSSR count). The first-order valence-corrected chi connectivity index (χ1v) is 6.25. The zero-order valence-corrected chi connectivity index (χ0v) is 10.9. The smallest absolute Gasteiger partial charge is 0.432 e. The highest BCUT2D eigenvalue weighted by Crippen LogP contribution is 2.29. The second-order valence-electron chi connectivity index (χ2n) is 4.66. The van der Waals surface area contributed by atoms with Gasteiger partial charge in [-0.05, 0) is 22.9 Å². The maximum atomic E-state index is 13.2. The Labute approximate surface area is 120 Å². The van der Waals surface area contributed by atoms with Crippen molar-refractivity contribution in [3.05, 3.63) is 48.8 Å². The Hall–Kier alpha value is -2.45. The SMILES string of the molecule is F[B-](F)(O[n+]1cccc2ccc3cccnc3c21)C(F)(F)F. The average molecular weight is 314 g/mol. The third-order valence-electron chi connectivity index (χ3n) is 3.12. The number of hydrogen-bond donors (Lipinski definition) is 0. The van der Waals surface area contributed by atoms with Gasteiger partial charge in [-0.15, -0.1) is 0 Å². The summed E-state index contributed by atoms with van der Waals surface area (Å²) in [5.74, 6) is 0. The van der Waals surface area contributed by atoms with Crippen LogP contribution in [0.4, 0.5) is 21.8 Å². The number of fused-ring (bicyclic) bond motifs is 3. The predicted molar refractivity (Wildman–Crippen MR) is 70.0 cm³/mol. The van der Waals surface area contributed by atoms with E-state index in [4.69, 9.17) is 0 Å². The van der Waals surface area contributed by atoms with E-state index in [-0.39, 0.29) is 11.0 Å². The molecule has 2 heterocycles. The van der Waals surface area contributed by atoms with Gasteiger partial charge in [0.25, 0.3) is 5.52 Å². The number of nitrogens with zero attached hydrogens (tertiary/aromatic N) is 2. The van der Waals surface area contributed by atoms with E-state index in [1.165, 1.54) is 12.3 Å². The van der Waals surface area contributed by atoms with Gasteiger partial charge in [0.05, 0.1) is 5.39 Å². The molecule has 0 aliphatic heterocycles. The van der Waals surface area contributed by atoms with Gasteiger partial charge >= 0.3 is 13.0 Å². The summed E-state index contributed by atoms with van der Waals surface area (Å²) in [6.45, 7) is -6.04. The summed E-state index contributed by atoms with van der Waals surface area (Å²) in [5.41, 5.74) is 0.320. The fourth-order valence-electron chi connectivity index (χ4n) is 2.10. The molecule has 0 radical (unpaired) electrons. The molecule has 0 saturated carbocycles. The molecule has 1 aromatic carbocycles. The van der Waals surface area contributed by atoms with Crippen LogP contribution in [0, 0.1) is 0 Å². The maximum absolute atomic E-state index is 13.2. The van der Waals surface area contributed by atoms with Crippen molar-refractivity contribution in [3.63, 3.8) is 0 Å². The topological polar surface area (TPSA) is 26.0 Å². The normalized spacial score (nSPS) is 12.8. The first-order valence-electron chi connectivity index (χ1n) is 6.25. The van der Waals surface area contributed by atoms with Crippen LogP contribution in [0.2, 0.25) is 0 Å². The van der Waals surface area contributed by atoms with Gasteiger partial charge in [-0.3, -0.25) is 0 Å². The monoisotopic (exact) mass is 314 g/mol. The molecule has 3 aromatic rings.